The molecule has 0 fully saturated rings. The highest BCUT2D eigenvalue weighted by Gasteiger charge is 2.25. The fourth-order valence-corrected chi connectivity index (χ4v) is 3.00. The highest BCUT2D eigenvalue weighted by molar-refractivity contribution is 7.17. The predicted octanol–water partition coefficient (Wildman–Crippen LogP) is 3.72. The summed E-state index contributed by atoms with van der Waals surface area (Å²) >= 11 is 1.15. The number of rotatable bonds is 4. The number of esters is 1. The van der Waals surface area contributed by atoms with Gasteiger partial charge in [0.25, 0.3) is 5.91 Å². The number of nitrogens with one attached hydrogen (secondary N) is 1. The topological polar surface area (TPSA) is 68.3 Å². The molecule has 0 spiro atoms. The molecule has 0 aliphatic heterocycles. The van der Waals surface area contributed by atoms with E-state index in [1.165, 1.54) is 19.1 Å². The molecule has 2 rings (SSSR count). The van der Waals surface area contributed by atoms with Gasteiger partial charge in [-0.25, -0.2) is 14.2 Å². The molecule has 0 saturated heterocycles. The van der Waals surface area contributed by atoms with Crippen molar-refractivity contribution in [1.82, 2.24) is 10.3 Å². The van der Waals surface area contributed by atoms with E-state index in [1.807, 2.05) is 20.8 Å². The van der Waals surface area contributed by atoms with E-state index in [0.717, 1.165) is 11.3 Å². The molecular formula is C18H21FN2O3S. The minimum Gasteiger partial charge on any atom is -0.448 e. The van der Waals surface area contributed by atoms with Gasteiger partial charge in [-0.1, -0.05) is 0 Å². The zero-order valence-corrected chi connectivity index (χ0v) is 15.7. The average molecular weight is 364 g/mol. The van der Waals surface area contributed by atoms with Crippen molar-refractivity contribution in [2.24, 2.45) is 0 Å². The van der Waals surface area contributed by atoms with E-state index in [4.69, 9.17) is 4.74 Å². The van der Waals surface area contributed by atoms with Crippen molar-refractivity contribution in [2.45, 2.75) is 46.3 Å². The average Bonchev–Trinajstić information content (AvgIpc) is 2.88. The molecule has 5 nitrogen and oxygen atoms in total. The number of carbonyl (C=O) groups excluding carboxylic acids is 2. The van der Waals surface area contributed by atoms with E-state index in [-0.39, 0.29) is 11.7 Å². The minimum absolute atomic E-state index is 0.328. The Morgan fingerprint density at radius 2 is 1.84 bits per heavy atom. The minimum atomic E-state index is -0.914. The summed E-state index contributed by atoms with van der Waals surface area (Å²) in [5.74, 6) is -1.29. The van der Waals surface area contributed by atoms with Gasteiger partial charge in [0.05, 0.1) is 5.69 Å². The second-order valence-electron chi connectivity index (χ2n) is 6.73. The van der Waals surface area contributed by atoms with Crippen molar-refractivity contribution < 1.29 is 18.7 Å². The van der Waals surface area contributed by atoms with Gasteiger partial charge < -0.3 is 10.1 Å². The zero-order chi connectivity index (χ0) is 18.8. The Morgan fingerprint density at radius 3 is 2.40 bits per heavy atom. The summed E-state index contributed by atoms with van der Waals surface area (Å²) < 4.78 is 18.3. The van der Waals surface area contributed by atoms with Crippen LogP contribution < -0.4 is 5.32 Å². The summed E-state index contributed by atoms with van der Waals surface area (Å²) in [7, 11) is 0. The third-order valence-electron chi connectivity index (χ3n) is 3.22. The quantitative estimate of drug-likeness (QED) is 0.840. The summed E-state index contributed by atoms with van der Waals surface area (Å²) in [5.41, 5.74) is 0.818. The number of thiazole rings is 1. The number of hydrogen-bond acceptors (Lipinski definition) is 5. The molecule has 1 atom stereocenters. The molecule has 0 saturated carbocycles. The van der Waals surface area contributed by atoms with E-state index < -0.39 is 17.6 Å². The summed E-state index contributed by atoms with van der Waals surface area (Å²) in [6.07, 6.45) is -0.914. The number of amides is 1. The molecule has 0 aliphatic carbocycles. The van der Waals surface area contributed by atoms with E-state index >= 15 is 0 Å². The van der Waals surface area contributed by atoms with E-state index in [2.05, 4.69) is 10.3 Å². The van der Waals surface area contributed by atoms with Crippen LogP contribution in [-0.4, -0.2) is 28.5 Å². The van der Waals surface area contributed by atoms with Crippen LogP contribution in [0.5, 0.6) is 0 Å². The molecule has 7 heteroatoms. The number of hydrogen-bond donors (Lipinski definition) is 1. The van der Waals surface area contributed by atoms with Crippen LogP contribution in [0.15, 0.2) is 24.3 Å². The largest absolute Gasteiger partial charge is 0.448 e. The Kier molecular flexibility index (Phi) is 5.57. The number of benzene rings is 1. The molecule has 1 aromatic heterocycles. The molecule has 1 aromatic carbocycles. The van der Waals surface area contributed by atoms with Gasteiger partial charge >= 0.3 is 5.97 Å². The van der Waals surface area contributed by atoms with Crippen LogP contribution in [0.1, 0.15) is 43.1 Å². The van der Waals surface area contributed by atoms with Gasteiger partial charge in [0.1, 0.15) is 15.7 Å². The molecule has 1 unspecified atom stereocenters. The number of ether oxygens (including phenoxy) is 1. The monoisotopic (exact) mass is 364 g/mol. The van der Waals surface area contributed by atoms with Gasteiger partial charge in [-0.2, -0.15) is 0 Å². The molecule has 0 bridgehead atoms. The molecule has 0 aliphatic rings. The second kappa shape index (κ2) is 7.31. The third-order valence-corrected chi connectivity index (χ3v) is 4.41. The number of nitrogens with zero attached hydrogens (tertiary/aromatic N) is 1. The molecule has 1 amide bonds. The van der Waals surface area contributed by atoms with E-state index in [0.29, 0.717) is 21.1 Å². The fourth-order valence-electron chi connectivity index (χ4n) is 2.04. The molecule has 134 valence electrons. The Labute approximate surface area is 150 Å². The lowest BCUT2D eigenvalue weighted by molar-refractivity contribution is -0.130. The van der Waals surface area contributed by atoms with Crippen LogP contribution in [0.2, 0.25) is 0 Å². The van der Waals surface area contributed by atoms with Crippen molar-refractivity contribution in [3.63, 3.8) is 0 Å². The number of halogens is 1. The number of aryl methyl sites for hydroxylation is 1. The molecule has 0 radical (unpaired) electrons. The van der Waals surface area contributed by atoms with Crippen molar-refractivity contribution in [2.75, 3.05) is 0 Å². The Bertz CT molecular complexity index is 779. The Hall–Kier alpha value is -2.28. The standard InChI is InChI=1S/C18H21FN2O3S/c1-10-14(17(23)24-11(2)15(22)21-18(3,4)5)25-16(20-10)12-6-8-13(19)9-7-12/h6-9,11H,1-5H3,(H,21,22). The zero-order valence-electron chi connectivity index (χ0n) is 14.8. The van der Waals surface area contributed by atoms with Gasteiger partial charge in [0.2, 0.25) is 0 Å². The van der Waals surface area contributed by atoms with Crippen molar-refractivity contribution in [3.8, 4) is 10.6 Å². The summed E-state index contributed by atoms with van der Waals surface area (Å²) in [5, 5.41) is 3.36. The maximum absolute atomic E-state index is 13.0. The van der Waals surface area contributed by atoms with Crippen LogP contribution in [0.3, 0.4) is 0 Å². The van der Waals surface area contributed by atoms with Gasteiger partial charge in [-0.3, -0.25) is 4.79 Å². The maximum atomic E-state index is 13.0. The Balaban J connectivity index is 2.12. The maximum Gasteiger partial charge on any atom is 0.351 e. The van der Waals surface area contributed by atoms with Crippen molar-refractivity contribution >= 4 is 23.2 Å². The van der Waals surface area contributed by atoms with Crippen LogP contribution in [0.4, 0.5) is 4.39 Å². The normalized spacial score (nSPS) is 12.6. The first-order chi connectivity index (χ1) is 11.6. The lowest BCUT2D eigenvalue weighted by atomic mass is 10.1. The third kappa shape index (κ3) is 5.09. The highest BCUT2D eigenvalue weighted by Crippen LogP contribution is 2.28. The van der Waals surface area contributed by atoms with E-state index in [1.54, 1.807) is 19.1 Å². The molecular weight excluding hydrogens is 343 g/mol. The van der Waals surface area contributed by atoms with Crippen LogP contribution in [0, 0.1) is 12.7 Å². The van der Waals surface area contributed by atoms with Crippen molar-refractivity contribution in [1.29, 1.82) is 0 Å². The Morgan fingerprint density at radius 1 is 1.24 bits per heavy atom. The molecule has 1 heterocycles. The summed E-state index contributed by atoms with van der Waals surface area (Å²) in [6.45, 7) is 8.77. The second-order valence-corrected chi connectivity index (χ2v) is 7.73. The lowest BCUT2D eigenvalue weighted by Gasteiger charge is -2.23. The van der Waals surface area contributed by atoms with Crippen LogP contribution in [0.25, 0.3) is 10.6 Å². The molecule has 2 aromatic rings. The first-order valence-electron chi connectivity index (χ1n) is 7.83. The van der Waals surface area contributed by atoms with Gasteiger partial charge in [-0.05, 0) is 58.9 Å². The SMILES string of the molecule is Cc1nc(-c2ccc(F)cc2)sc1C(=O)OC(C)C(=O)NC(C)(C)C. The lowest BCUT2D eigenvalue weighted by Crippen LogP contribution is -2.46. The first kappa shape index (κ1) is 19.1. The summed E-state index contributed by atoms with van der Waals surface area (Å²) in [6, 6.07) is 5.87. The van der Waals surface area contributed by atoms with Gasteiger partial charge in [-0.15, -0.1) is 11.3 Å². The smallest absolute Gasteiger partial charge is 0.351 e. The van der Waals surface area contributed by atoms with E-state index in [9.17, 15) is 14.0 Å². The molecule has 25 heavy (non-hydrogen) atoms. The number of aromatic nitrogens is 1. The number of carbonyl (C=O) groups is 2. The highest BCUT2D eigenvalue weighted by atomic mass is 32.1. The van der Waals surface area contributed by atoms with Crippen LogP contribution in [-0.2, 0) is 9.53 Å². The first-order valence-corrected chi connectivity index (χ1v) is 8.65. The molecule has 1 N–H and O–H groups in total. The van der Waals surface area contributed by atoms with Crippen molar-refractivity contribution in [3.05, 3.63) is 40.7 Å². The van der Waals surface area contributed by atoms with Gasteiger partial charge in [0.15, 0.2) is 6.10 Å². The predicted molar refractivity (Wildman–Crippen MR) is 95.0 cm³/mol. The summed E-state index contributed by atoms with van der Waals surface area (Å²) in [4.78, 5) is 29.1. The van der Waals surface area contributed by atoms with Gasteiger partial charge in [0, 0.05) is 11.1 Å². The fraction of sp³-hybridized carbons (Fsp3) is 0.389. The van der Waals surface area contributed by atoms with Crippen LogP contribution >= 0.6 is 11.3 Å².